The molecule has 0 bridgehead atoms. The van der Waals surface area contributed by atoms with Gasteiger partial charge in [-0.1, -0.05) is 25.1 Å². The van der Waals surface area contributed by atoms with Gasteiger partial charge in [0, 0.05) is 16.6 Å². The number of nitriles is 3. The normalized spacial score (nSPS) is 9.80. The first-order valence-electron chi connectivity index (χ1n) is 8.99. The maximum absolute atomic E-state index is 11.8. The molecule has 0 aliphatic carbocycles. The Kier molecular flexibility index (Phi) is 5.73. The monoisotopic (exact) mass is 393 g/mol. The number of nitrogens with one attached hydrogen (secondary N) is 1. The molecule has 0 radical (unpaired) electrons. The number of anilines is 1. The van der Waals surface area contributed by atoms with Crippen molar-refractivity contribution in [3.63, 3.8) is 0 Å². The van der Waals surface area contributed by atoms with E-state index in [1.807, 2.05) is 25.1 Å². The summed E-state index contributed by atoms with van der Waals surface area (Å²) in [5.41, 5.74) is 3.04. The van der Waals surface area contributed by atoms with E-state index in [0.29, 0.717) is 27.8 Å². The highest BCUT2D eigenvalue weighted by atomic mass is 16.4. The molecular weight excluding hydrogens is 378 g/mol. The number of aromatic nitrogens is 1. The molecule has 0 saturated carbocycles. The van der Waals surface area contributed by atoms with Crippen molar-refractivity contribution >= 4 is 22.6 Å². The lowest BCUT2D eigenvalue weighted by Gasteiger charge is -2.10. The van der Waals surface area contributed by atoms with E-state index in [4.69, 9.17) is 15.8 Å². The van der Waals surface area contributed by atoms with Crippen molar-refractivity contribution in [1.29, 1.82) is 15.8 Å². The second-order valence-corrected chi connectivity index (χ2v) is 6.35. The molecule has 0 aliphatic heterocycles. The molecule has 2 N–H and O–H groups in total. The molecule has 0 aliphatic rings. The average Bonchev–Trinajstić information content (AvgIpc) is 2.78. The number of hydrogen-bond acceptors (Lipinski definition) is 6. The lowest BCUT2D eigenvalue weighted by atomic mass is 10.0. The summed E-state index contributed by atoms with van der Waals surface area (Å²) in [5.74, 6) is -1.03. The van der Waals surface area contributed by atoms with Crippen LogP contribution in [-0.2, 0) is 6.42 Å². The third kappa shape index (κ3) is 3.94. The van der Waals surface area contributed by atoms with Crippen molar-refractivity contribution in [3.05, 3.63) is 70.9 Å². The highest BCUT2D eigenvalue weighted by Gasteiger charge is 2.14. The Hall–Kier alpha value is -4.67. The van der Waals surface area contributed by atoms with Crippen LogP contribution in [0.15, 0.2) is 59.8 Å². The minimum atomic E-state index is -1.03. The van der Waals surface area contributed by atoms with Gasteiger partial charge in [-0.25, -0.2) is 9.78 Å². The molecule has 0 spiro atoms. The van der Waals surface area contributed by atoms with E-state index < -0.39 is 5.97 Å². The largest absolute Gasteiger partial charge is 0.478 e. The van der Waals surface area contributed by atoms with E-state index in [1.54, 1.807) is 42.5 Å². The number of carboxylic acid groups (broad SMARTS) is 1. The molecule has 0 atom stereocenters. The molecule has 7 nitrogen and oxygen atoms in total. The van der Waals surface area contributed by atoms with Gasteiger partial charge < -0.3 is 10.4 Å². The van der Waals surface area contributed by atoms with Gasteiger partial charge in [0.25, 0.3) is 0 Å². The third-order valence-electron chi connectivity index (χ3n) is 4.55. The van der Waals surface area contributed by atoms with Gasteiger partial charge in [-0.3, -0.25) is 0 Å². The lowest BCUT2D eigenvalue weighted by molar-refractivity contribution is 0.0699. The summed E-state index contributed by atoms with van der Waals surface area (Å²) in [6.07, 6.45) is 0.795. The second kappa shape index (κ2) is 8.56. The third-order valence-corrected chi connectivity index (χ3v) is 4.55. The molecule has 30 heavy (non-hydrogen) atoms. The van der Waals surface area contributed by atoms with Gasteiger partial charge in [0.2, 0.25) is 0 Å². The van der Waals surface area contributed by atoms with Crippen molar-refractivity contribution in [2.45, 2.75) is 13.3 Å². The molecule has 0 unspecified atom stereocenters. The number of carbonyl (C=O) groups is 1. The number of carboxylic acids is 1. The van der Waals surface area contributed by atoms with Crippen LogP contribution in [0.4, 0.5) is 5.69 Å². The van der Waals surface area contributed by atoms with Gasteiger partial charge in [-0.2, -0.15) is 15.8 Å². The van der Waals surface area contributed by atoms with Crippen LogP contribution in [0.25, 0.3) is 22.2 Å². The second-order valence-electron chi connectivity index (χ2n) is 6.35. The first-order valence-corrected chi connectivity index (χ1v) is 8.99. The summed E-state index contributed by atoms with van der Waals surface area (Å²) in [6, 6.07) is 19.0. The van der Waals surface area contributed by atoms with Gasteiger partial charge in [-0.15, -0.1) is 0 Å². The fourth-order valence-electron chi connectivity index (χ4n) is 2.97. The van der Waals surface area contributed by atoms with Crippen LogP contribution in [0.1, 0.15) is 22.8 Å². The summed E-state index contributed by atoms with van der Waals surface area (Å²) in [4.78, 5) is 16.4. The van der Waals surface area contributed by atoms with Crippen molar-refractivity contribution < 1.29 is 9.90 Å². The Morgan fingerprint density at radius 3 is 2.30 bits per heavy atom. The van der Waals surface area contributed by atoms with E-state index in [2.05, 4.69) is 10.3 Å². The zero-order chi connectivity index (χ0) is 21.7. The van der Waals surface area contributed by atoms with E-state index in [9.17, 15) is 9.90 Å². The number of rotatable bonds is 5. The number of benzene rings is 2. The van der Waals surface area contributed by atoms with Crippen molar-refractivity contribution in [2.75, 3.05) is 5.32 Å². The topological polar surface area (TPSA) is 134 Å². The number of hydrogen-bond donors (Lipinski definition) is 2. The number of nitrogens with zero attached hydrogens (tertiary/aromatic N) is 4. The summed E-state index contributed by atoms with van der Waals surface area (Å²) in [6.45, 7) is 2.00. The van der Waals surface area contributed by atoms with Crippen LogP contribution >= 0.6 is 0 Å². The quantitative estimate of drug-likeness (QED) is 0.614. The predicted molar refractivity (Wildman–Crippen MR) is 111 cm³/mol. The average molecular weight is 393 g/mol. The summed E-state index contributed by atoms with van der Waals surface area (Å²) in [7, 11) is 0. The zero-order valence-electron chi connectivity index (χ0n) is 16.0. The Morgan fingerprint density at radius 2 is 1.73 bits per heavy atom. The van der Waals surface area contributed by atoms with Gasteiger partial charge in [-0.05, 0) is 42.3 Å². The number of fused-ring (bicyclic) bond motifs is 1. The Bertz CT molecular complexity index is 1290. The van der Waals surface area contributed by atoms with Crippen LogP contribution in [0.5, 0.6) is 0 Å². The highest BCUT2D eigenvalue weighted by Crippen LogP contribution is 2.27. The molecule has 3 rings (SSSR count). The first-order chi connectivity index (χ1) is 14.5. The zero-order valence-corrected chi connectivity index (χ0v) is 16.0. The number of aromatic carboxylic acids is 1. The van der Waals surface area contributed by atoms with Crippen molar-refractivity contribution in [2.24, 2.45) is 0 Å². The van der Waals surface area contributed by atoms with E-state index in [-0.39, 0.29) is 16.8 Å². The van der Waals surface area contributed by atoms with Crippen LogP contribution in [0.2, 0.25) is 0 Å². The van der Waals surface area contributed by atoms with Gasteiger partial charge >= 0.3 is 5.97 Å². The smallest absolute Gasteiger partial charge is 0.336 e. The van der Waals surface area contributed by atoms with Crippen LogP contribution in [0, 0.1) is 34.0 Å². The first kappa shape index (κ1) is 20.1. The summed E-state index contributed by atoms with van der Waals surface area (Å²) < 4.78 is 0. The molecule has 2 aromatic carbocycles. The maximum Gasteiger partial charge on any atom is 0.336 e. The number of aryl methyl sites for hydroxylation is 1. The molecule has 0 amide bonds. The summed E-state index contributed by atoms with van der Waals surface area (Å²) in [5, 5.41) is 39.9. The van der Waals surface area contributed by atoms with Crippen LogP contribution in [0.3, 0.4) is 0 Å². The Balaban J connectivity index is 2.02. The summed E-state index contributed by atoms with van der Waals surface area (Å²) >= 11 is 0. The van der Waals surface area contributed by atoms with E-state index in [1.165, 1.54) is 6.07 Å². The molecule has 7 heteroatoms. The molecule has 3 aromatic rings. The Morgan fingerprint density at radius 1 is 1.03 bits per heavy atom. The van der Waals surface area contributed by atoms with Crippen LogP contribution < -0.4 is 5.32 Å². The van der Waals surface area contributed by atoms with E-state index >= 15 is 0 Å². The lowest BCUT2D eigenvalue weighted by Crippen LogP contribution is -2.02. The minimum Gasteiger partial charge on any atom is -0.478 e. The molecule has 1 aromatic heterocycles. The van der Waals surface area contributed by atoms with Crippen LogP contribution in [-0.4, -0.2) is 16.1 Å². The molecule has 1 heterocycles. The van der Waals surface area contributed by atoms with Gasteiger partial charge in [0.15, 0.2) is 5.57 Å². The van der Waals surface area contributed by atoms with Crippen molar-refractivity contribution in [3.8, 4) is 29.5 Å². The number of allylic oxidation sites excluding steroid dienone is 2. The van der Waals surface area contributed by atoms with Gasteiger partial charge in [0.1, 0.15) is 23.9 Å². The SMILES string of the molecule is CCc1ccc2nc(-c3ccc(NC(C#N)=C(C#N)C#N)cc3)cc(C(=O)O)c2c1. The standard InChI is InChI=1S/C23H15N5O2/c1-2-14-3-8-20-18(9-14)19(23(29)30)10-21(28-20)15-4-6-17(7-5-15)27-22(13-26)16(11-24)12-25/h3-10,27H,2H2,1H3,(H,29,30). The fourth-order valence-corrected chi connectivity index (χ4v) is 2.97. The molecule has 0 saturated heterocycles. The number of pyridine rings is 1. The Labute approximate surface area is 172 Å². The highest BCUT2D eigenvalue weighted by molar-refractivity contribution is 6.04. The molecule has 144 valence electrons. The van der Waals surface area contributed by atoms with Crippen molar-refractivity contribution in [1.82, 2.24) is 4.98 Å². The van der Waals surface area contributed by atoms with E-state index in [0.717, 1.165) is 12.0 Å². The fraction of sp³-hybridized carbons (Fsp3) is 0.0870. The molecule has 0 fully saturated rings. The van der Waals surface area contributed by atoms with Gasteiger partial charge in [0.05, 0.1) is 16.8 Å². The molecular formula is C23H15N5O2. The predicted octanol–water partition coefficient (Wildman–Crippen LogP) is 4.40. The maximum atomic E-state index is 11.8. The minimum absolute atomic E-state index is 0.142.